The second kappa shape index (κ2) is 8.48. The molecule has 0 bridgehead atoms. The number of unbranched alkanes of at least 4 members (excludes halogenated alkanes) is 2. The van der Waals surface area contributed by atoms with Gasteiger partial charge in [0.25, 0.3) is 0 Å². The van der Waals surface area contributed by atoms with Gasteiger partial charge in [0.2, 0.25) is 0 Å². The molecule has 1 aliphatic rings. The van der Waals surface area contributed by atoms with Gasteiger partial charge in [0, 0.05) is 13.1 Å². The molecule has 0 atom stereocenters. The summed E-state index contributed by atoms with van der Waals surface area (Å²) in [5.74, 6) is 1.08. The van der Waals surface area contributed by atoms with Crippen LogP contribution >= 0.6 is 0 Å². The highest BCUT2D eigenvalue weighted by atomic mass is 16.5. The summed E-state index contributed by atoms with van der Waals surface area (Å²) in [6.07, 6.45) is 7.65. The summed E-state index contributed by atoms with van der Waals surface area (Å²) in [6.45, 7) is 4.40. The smallest absolute Gasteiger partial charge is 0.119 e. The van der Waals surface area contributed by atoms with Crippen molar-refractivity contribution in [1.29, 1.82) is 0 Å². The maximum Gasteiger partial charge on any atom is 0.119 e. The monoisotopic (exact) mass is 277 g/mol. The van der Waals surface area contributed by atoms with E-state index >= 15 is 0 Å². The van der Waals surface area contributed by atoms with E-state index in [9.17, 15) is 0 Å². The highest BCUT2D eigenvalue weighted by Gasteiger charge is 2.04. The van der Waals surface area contributed by atoms with Gasteiger partial charge >= 0.3 is 0 Å². The van der Waals surface area contributed by atoms with Gasteiger partial charge in [-0.3, -0.25) is 0 Å². The minimum atomic E-state index is 0.269. The van der Waals surface area contributed by atoms with E-state index in [0.717, 1.165) is 57.9 Å². The molecule has 0 saturated carbocycles. The van der Waals surface area contributed by atoms with Crippen LogP contribution in [0.4, 0.5) is 0 Å². The summed E-state index contributed by atoms with van der Waals surface area (Å²) in [7, 11) is 0. The Hall–Kier alpha value is -1.68. The Bertz CT molecular complexity index is 397. The predicted octanol–water partition coefficient (Wildman–Crippen LogP) is 2.79. The first kappa shape index (κ1) is 14.7. The molecule has 1 saturated heterocycles. The largest absolute Gasteiger partial charge is 0.508 e. The molecule has 0 radical (unpaired) electrons. The van der Waals surface area contributed by atoms with Gasteiger partial charge in [0.05, 0.1) is 19.8 Å². The van der Waals surface area contributed by atoms with Crippen molar-refractivity contribution in [2.24, 2.45) is 0 Å². The van der Waals surface area contributed by atoms with Gasteiger partial charge in [0.1, 0.15) is 11.5 Å². The Balaban J connectivity index is 1.51. The molecule has 110 valence electrons. The third-order valence-electron chi connectivity index (χ3n) is 3.23. The van der Waals surface area contributed by atoms with Crippen LogP contribution in [-0.4, -0.2) is 42.9 Å². The van der Waals surface area contributed by atoms with E-state index in [1.807, 2.05) is 0 Å². The van der Waals surface area contributed by atoms with E-state index in [4.69, 9.17) is 14.6 Å². The molecule has 1 aromatic rings. The molecular weight excluding hydrogens is 254 g/mol. The van der Waals surface area contributed by atoms with E-state index in [2.05, 4.69) is 17.2 Å². The highest BCUT2D eigenvalue weighted by Crippen LogP contribution is 2.16. The summed E-state index contributed by atoms with van der Waals surface area (Å²) < 4.78 is 10.9. The third-order valence-corrected chi connectivity index (χ3v) is 3.23. The number of hydrogen-bond acceptors (Lipinski definition) is 4. The fourth-order valence-electron chi connectivity index (χ4n) is 2.05. The van der Waals surface area contributed by atoms with Crippen LogP contribution in [-0.2, 0) is 4.74 Å². The Labute approximate surface area is 120 Å². The summed E-state index contributed by atoms with van der Waals surface area (Å²) >= 11 is 0. The first-order chi connectivity index (χ1) is 9.84. The molecule has 4 heteroatoms. The molecule has 1 aliphatic heterocycles. The molecule has 0 spiro atoms. The minimum absolute atomic E-state index is 0.269. The number of hydrogen-bond donors (Lipinski definition) is 1. The number of phenols is 1. The number of phenolic OH excluding ortho intramolecular Hbond substituents is 1. The number of morpholine rings is 1. The zero-order chi connectivity index (χ0) is 14.0. The number of aromatic hydroxyl groups is 1. The molecule has 2 rings (SSSR count). The molecule has 0 amide bonds. The Morgan fingerprint density at radius 3 is 2.65 bits per heavy atom. The van der Waals surface area contributed by atoms with Gasteiger partial charge in [-0.05, 0) is 49.7 Å². The molecule has 0 unspecified atom stereocenters. The first-order valence-electron chi connectivity index (χ1n) is 7.25. The molecule has 0 aliphatic carbocycles. The van der Waals surface area contributed by atoms with Gasteiger partial charge in [0.15, 0.2) is 0 Å². The van der Waals surface area contributed by atoms with Crippen molar-refractivity contribution in [3.05, 3.63) is 36.5 Å². The van der Waals surface area contributed by atoms with Crippen molar-refractivity contribution in [3.63, 3.8) is 0 Å². The second-order valence-electron chi connectivity index (χ2n) is 4.87. The summed E-state index contributed by atoms with van der Waals surface area (Å²) in [4.78, 5) is 2.30. The lowest BCUT2D eigenvalue weighted by Gasteiger charge is -2.24. The SMILES string of the molecule is Oc1ccc(OCCCC/C=C/N2CCOCC2)cc1. The average molecular weight is 277 g/mol. The number of nitrogens with zero attached hydrogens (tertiary/aromatic N) is 1. The quantitative estimate of drug-likeness (QED) is 0.778. The van der Waals surface area contributed by atoms with Crippen LogP contribution in [0.2, 0.25) is 0 Å². The van der Waals surface area contributed by atoms with Crippen molar-refractivity contribution < 1.29 is 14.6 Å². The van der Waals surface area contributed by atoms with Gasteiger partial charge in [-0.15, -0.1) is 0 Å². The standard InChI is InChI=1S/C16H23NO3/c18-15-5-7-16(8-6-15)20-12-4-2-1-3-9-17-10-13-19-14-11-17/h3,5-9,18H,1-2,4,10-14H2/b9-3+. The van der Waals surface area contributed by atoms with Gasteiger partial charge < -0.3 is 19.5 Å². The zero-order valence-electron chi connectivity index (χ0n) is 11.8. The van der Waals surface area contributed by atoms with E-state index in [1.54, 1.807) is 24.3 Å². The first-order valence-corrected chi connectivity index (χ1v) is 7.25. The predicted molar refractivity (Wildman–Crippen MR) is 79.0 cm³/mol. The molecule has 0 aromatic heterocycles. The molecule has 1 N–H and O–H groups in total. The van der Waals surface area contributed by atoms with Crippen LogP contribution in [0.3, 0.4) is 0 Å². The number of allylic oxidation sites excluding steroid dienone is 1. The zero-order valence-corrected chi connectivity index (χ0v) is 11.8. The number of ether oxygens (including phenoxy) is 2. The summed E-state index contributed by atoms with van der Waals surface area (Å²) in [5, 5.41) is 9.16. The van der Waals surface area contributed by atoms with Crippen LogP contribution in [0, 0.1) is 0 Å². The fourth-order valence-corrected chi connectivity index (χ4v) is 2.05. The van der Waals surface area contributed by atoms with Crippen molar-refractivity contribution in [1.82, 2.24) is 4.90 Å². The maximum absolute atomic E-state index is 9.16. The minimum Gasteiger partial charge on any atom is -0.508 e. The molecule has 1 fully saturated rings. The van der Waals surface area contributed by atoms with Crippen LogP contribution in [0.1, 0.15) is 19.3 Å². The lowest BCUT2D eigenvalue weighted by molar-refractivity contribution is 0.0593. The number of rotatable bonds is 7. The Morgan fingerprint density at radius 1 is 1.15 bits per heavy atom. The van der Waals surface area contributed by atoms with Gasteiger partial charge in [-0.2, -0.15) is 0 Å². The Morgan fingerprint density at radius 2 is 1.90 bits per heavy atom. The van der Waals surface area contributed by atoms with Gasteiger partial charge in [-0.25, -0.2) is 0 Å². The summed E-state index contributed by atoms with van der Waals surface area (Å²) in [5.41, 5.74) is 0. The number of benzene rings is 1. The lowest BCUT2D eigenvalue weighted by Crippen LogP contribution is -2.31. The van der Waals surface area contributed by atoms with Crippen LogP contribution in [0.5, 0.6) is 11.5 Å². The van der Waals surface area contributed by atoms with Crippen LogP contribution in [0.25, 0.3) is 0 Å². The van der Waals surface area contributed by atoms with E-state index in [0.29, 0.717) is 0 Å². The Kier molecular flexibility index (Phi) is 6.24. The van der Waals surface area contributed by atoms with Crippen LogP contribution < -0.4 is 4.74 Å². The summed E-state index contributed by atoms with van der Waals surface area (Å²) in [6, 6.07) is 6.85. The third kappa shape index (κ3) is 5.53. The highest BCUT2D eigenvalue weighted by molar-refractivity contribution is 5.29. The molecule has 4 nitrogen and oxygen atoms in total. The fraction of sp³-hybridized carbons (Fsp3) is 0.500. The average Bonchev–Trinajstić information content (AvgIpc) is 2.49. The molecule has 1 aromatic carbocycles. The second-order valence-corrected chi connectivity index (χ2v) is 4.87. The van der Waals surface area contributed by atoms with E-state index in [1.165, 1.54) is 0 Å². The van der Waals surface area contributed by atoms with E-state index < -0.39 is 0 Å². The van der Waals surface area contributed by atoms with Crippen LogP contribution in [0.15, 0.2) is 36.5 Å². The maximum atomic E-state index is 9.16. The molecular formula is C16H23NO3. The molecule has 20 heavy (non-hydrogen) atoms. The lowest BCUT2D eigenvalue weighted by atomic mass is 10.2. The normalized spacial score (nSPS) is 15.7. The van der Waals surface area contributed by atoms with E-state index in [-0.39, 0.29) is 5.75 Å². The van der Waals surface area contributed by atoms with Crippen molar-refractivity contribution in [3.8, 4) is 11.5 Å². The van der Waals surface area contributed by atoms with Crippen molar-refractivity contribution in [2.45, 2.75) is 19.3 Å². The van der Waals surface area contributed by atoms with Crippen molar-refractivity contribution >= 4 is 0 Å². The topological polar surface area (TPSA) is 41.9 Å². The van der Waals surface area contributed by atoms with Gasteiger partial charge in [-0.1, -0.05) is 6.08 Å². The molecule has 1 heterocycles. The van der Waals surface area contributed by atoms with Crippen molar-refractivity contribution in [2.75, 3.05) is 32.9 Å².